The van der Waals surface area contributed by atoms with E-state index in [1.807, 2.05) is 0 Å². The van der Waals surface area contributed by atoms with Gasteiger partial charge in [0.1, 0.15) is 0 Å². The van der Waals surface area contributed by atoms with Crippen LogP contribution >= 0.6 is 12.6 Å². The third-order valence-electron chi connectivity index (χ3n) is 4.62. The second kappa shape index (κ2) is 6.44. The lowest BCUT2D eigenvalue weighted by Crippen LogP contribution is -2.46. The zero-order valence-electron chi connectivity index (χ0n) is 11.2. The minimum atomic E-state index is 0.417. The van der Waals surface area contributed by atoms with Crippen molar-refractivity contribution in [3.8, 4) is 0 Å². The summed E-state index contributed by atoms with van der Waals surface area (Å²) >= 11 is 4.62. The van der Waals surface area contributed by atoms with Gasteiger partial charge in [-0.2, -0.15) is 12.6 Å². The molecule has 0 aromatic carbocycles. The van der Waals surface area contributed by atoms with Gasteiger partial charge in [-0.3, -0.25) is 0 Å². The van der Waals surface area contributed by atoms with E-state index in [9.17, 15) is 0 Å². The highest BCUT2D eigenvalue weighted by molar-refractivity contribution is 7.80. The maximum atomic E-state index is 5.51. The average Bonchev–Trinajstić information content (AvgIpc) is 2.56. The van der Waals surface area contributed by atoms with E-state index < -0.39 is 0 Å². The van der Waals surface area contributed by atoms with Crippen molar-refractivity contribution in [1.29, 1.82) is 0 Å². The molecule has 0 amide bonds. The van der Waals surface area contributed by atoms with Gasteiger partial charge in [0, 0.05) is 25.8 Å². The molecule has 1 unspecified atom stereocenters. The number of hydrogen-bond donors (Lipinski definition) is 1. The van der Waals surface area contributed by atoms with Crippen molar-refractivity contribution >= 4 is 12.6 Å². The van der Waals surface area contributed by atoms with Crippen LogP contribution < -0.4 is 0 Å². The first kappa shape index (κ1) is 13.7. The molecule has 17 heavy (non-hydrogen) atoms. The Bertz CT molecular complexity index is 228. The number of thiol groups is 1. The molecular weight excluding hydrogens is 230 g/mol. The monoisotopic (exact) mass is 257 g/mol. The first-order valence-electron chi connectivity index (χ1n) is 7.18. The highest BCUT2D eigenvalue weighted by atomic mass is 32.1. The average molecular weight is 257 g/mol. The third-order valence-corrected chi connectivity index (χ3v) is 5.29. The lowest BCUT2D eigenvalue weighted by Gasteiger charge is -2.41. The van der Waals surface area contributed by atoms with Gasteiger partial charge in [-0.1, -0.05) is 12.8 Å². The lowest BCUT2D eigenvalue weighted by atomic mass is 9.81. The molecule has 2 fully saturated rings. The Kier molecular flexibility index (Phi) is 5.19. The van der Waals surface area contributed by atoms with Crippen LogP contribution in [0.25, 0.3) is 0 Å². The number of hydrogen-bond acceptors (Lipinski definition) is 3. The Hall–Kier alpha value is 0.270. The summed E-state index contributed by atoms with van der Waals surface area (Å²) in [5.41, 5.74) is 0.417. The van der Waals surface area contributed by atoms with Crippen LogP contribution in [0, 0.1) is 5.41 Å². The fraction of sp³-hybridized carbons (Fsp3) is 1.00. The third kappa shape index (κ3) is 3.62. The van der Waals surface area contributed by atoms with E-state index in [4.69, 9.17) is 4.74 Å². The van der Waals surface area contributed by atoms with E-state index in [1.54, 1.807) is 0 Å². The van der Waals surface area contributed by atoms with Gasteiger partial charge in [-0.15, -0.1) is 0 Å². The van der Waals surface area contributed by atoms with E-state index in [0.717, 1.165) is 25.0 Å². The van der Waals surface area contributed by atoms with Crippen molar-refractivity contribution in [2.45, 2.75) is 51.5 Å². The van der Waals surface area contributed by atoms with Crippen LogP contribution in [-0.4, -0.2) is 43.0 Å². The molecule has 0 aromatic heterocycles. The van der Waals surface area contributed by atoms with Gasteiger partial charge in [-0.25, -0.2) is 0 Å². The maximum absolute atomic E-state index is 5.51. The first-order chi connectivity index (χ1) is 8.26. The summed E-state index contributed by atoms with van der Waals surface area (Å²) in [5, 5.41) is 0. The molecule has 2 saturated heterocycles. The molecule has 0 aliphatic carbocycles. The Balaban J connectivity index is 1.95. The summed E-state index contributed by atoms with van der Waals surface area (Å²) in [4.78, 5) is 2.72. The molecule has 2 nitrogen and oxygen atoms in total. The van der Waals surface area contributed by atoms with Crippen molar-refractivity contribution < 1.29 is 4.74 Å². The standard InChI is InChI=1S/C14H27NOS/c1-13-5-3-2-4-8-15(13)11-14(12-17)6-9-16-10-7-14/h13,17H,2-12H2,1H3. The summed E-state index contributed by atoms with van der Waals surface area (Å²) in [6.45, 7) is 6.79. The predicted octanol–water partition coefficient (Wildman–Crippen LogP) is 2.98. The van der Waals surface area contributed by atoms with Gasteiger partial charge in [0.2, 0.25) is 0 Å². The smallest absolute Gasteiger partial charge is 0.0472 e. The van der Waals surface area contributed by atoms with Gasteiger partial charge in [0.15, 0.2) is 0 Å². The van der Waals surface area contributed by atoms with Crippen molar-refractivity contribution in [2.24, 2.45) is 5.41 Å². The summed E-state index contributed by atoms with van der Waals surface area (Å²) in [5.74, 6) is 1.01. The lowest BCUT2D eigenvalue weighted by molar-refractivity contribution is 0.00183. The zero-order valence-corrected chi connectivity index (χ0v) is 12.1. The zero-order chi connectivity index (χ0) is 12.1. The van der Waals surface area contributed by atoms with Gasteiger partial charge < -0.3 is 9.64 Å². The normalized spacial score (nSPS) is 31.1. The van der Waals surface area contributed by atoms with E-state index in [-0.39, 0.29) is 0 Å². The quantitative estimate of drug-likeness (QED) is 0.780. The second-order valence-electron chi connectivity index (χ2n) is 5.94. The molecule has 0 bridgehead atoms. The fourth-order valence-corrected chi connectivity index (χ4v) is 3.59. The molecule has 2 rings (SSSR count). The van der Waals surface area contributed by atoms with Crippen molar-refractivity contribution in [1.82, 2.24) is 4.90 Å². The minimum absolute atomic E-state index is 0.417. The van der Waals surface area contributed by atoms with Crippen LogP contribution in [0.5, 0.6) is 0 Å². The maximum Gasteiger partial charge on any atom is 0.0472 e. The second-order valence-corrected chi connectivity index (χ2v) is 6.26. The van der Waals surface area contributed by atoms with Crippen molar-refractivity contribution in [2.75, 3.05) is 32.1 Å². The van der Waals surface area contributed by atoms with Crippen LogP contribution in [0.1, 0.15) is 45.4 Å². The Morgan fingerprint density at radius 1 is 1.24 bits per heavy atom. The number of likely N-dealkylation sites (tertiary alicyclic amines) is 1. The molecule has 2 aliphatic heterocycles. The molecule has 1 atom stereocenters. The first-order valence-corrected chi connectivity index (χ1v) is 7.82. The van der Waals surface area contributed by atoms with Crippen LogP contribution in [0.3, 0.4) is 0 Å². The van der Waals surface area contributed by atoms with Gasteiger partial charge in [0.05, 0.1) is 0 Å². The molecule has 100 valence electrons. The number of nitrogens with zero attached hydrogens (tertiary/aromatic N) is 1. The van der Waals surface area contributed by atoms with Crippen LogP contribution in [0.4, 0.5) is 0 Å². The molecule has 0 N–H and O–H groups in total. The topological polar surface area (TPSA) is 12.5 Å². The fourth-order valence-electron chi connectivity index (χ4n) is 3.17. The Morgan fingerprint density at radius 3 is 2.71 bits per heavy atom. The Labute approximate surface area is 112 Å². The largest absolute Gasteiger partial charge is 0.381 e. The molecule has 0 aromatic rings. The Morgan fingerprint density at radius 2 is 2.00 bits per heavy atom. The van der Waals surface area contributed by atoms with Crippen LogP contribution in [0.2, 0.25) is 0 Å². The molecule has 0 saturated carbocycles. The van der Waals surface area contributed by atoms with Crippen LogP contribution in [-0.2, 0) is 4.74 Å². The van der Waals surface area contributed by atoms with Gasteiger partial charge >= 0.3 is 0 Å². The summed E-state index contributed by atoms with van der Waals surface area (Å²) in [7, 11) is 0. The number of ether oxygens (including phenoxy) is 1. The van der Waals surface area contributed by atoms with Gasteiger partial charge in [0.25, 0.3) is 0 Å². The summed E-state index contributed by atoms with van der Waals surface area (Å²) < 4.78 is 5.51. The predicted molar refractivity (Wildman–Crippen MR) is 75.8 cm³/mol. The summed E-state index contributed by atoms with van der Waals surface area (Å²) in [6, 6.07) is 0.761. The van der Waals surface area contributed by atoms with E-state index in [1.165, 1.54) is 51.6 Å². The molecule has 2 aliphatic rings. The molecule has 0 radical (unpaired) electrons. The van der Waals surface area contributed by atoms with Crippen LogP contribution in [0.15, 0.2) is 0 Å². The van der Waals surface area contributed by atoms with Gasteiger partial charge in [-0.05, 0) is 50.3 Å². The molecule has 2 heterocycles. The van der Waals surface area contributed by atoms with E-state index in [2.05, 4.69) is 24.5 Å². The van der Waals surface area contributed by atoms with E-state index in [0.29, 0.717) is 5.41 Å². The molecule has 0 spiro atoms. The van der Waals surface area contributed by atoms with Crippen molar-refractivity contribution in [3.05, 3.63) is 0 Å². The number of rotatable bonds is 3. The highest BCUT2D eigenvalue weighted by Gasteiger charge is 2.34. The minimum Gasteiger partial charge on any atom is -0.381 e. The van der Waals surface area contributed by atoms with E-state index >= 15 is 0 Å². The summed E-state index contributed by atoms with van der Waals surface area (Å²) in [6.07, 6.45) is 7.97. The van der Waals surface area contributed by atoms with Crippen molar-refractivity contribution in [3.63, 3.8) is 0 Å². The molecule has 3 heteroatoms. The molecular formula is C14H27NOS. The SMILES string of the molecule is CC1CCCCCN1CC1(CS)CCOCC1. The highest BCUT2D eigenvalue weighted by Crippen LogP contribution is 2.34.